The molecule has 1 amide bonds. The van der Waals surface area contributed by atoms with E-state index in [2.05, 4.69) is 5.32 Å². The lowest BCUT2D eigenvalue weighted by Gasteiger charge is -2.06. The summed E-state index contributed by atoms with van der Waals surface area (Å²) >= 11 is 7.40. The Labute approximate surface area is 130 Å². The number of fused-ring (bicyclic) bond motifs is 1. The molecule has 0 unspecified atom stereocenters. The van der Waals surface area contributed by atoms with Crippen LogP contribution in [0.15, 0.2) is 36.4 Å². The van der Waals surface area contributed by atoms with E-state index in [1.54, 1.807) is 12.1 Å². The zero-order chi connectivity index (χ0) is 15.0. The molecule has 0 saturated heterocycles. The van der Waals surface area contributed by atoms with Crippen LogP contribution in [-0.2, 0) is 13.6 Å². The Morgan fingerprint density at radius 3 is 2.71 bits per heavy atom. The van der Waals surface area contributed by atoms with Crippen LogP contribution in [-0.4, -0.2) is 10.5 Å². The number of halogens is 2. The van der Waals surface area contributed by atoms with Crippen molar-refractivity contribution in [2.24, 2.45) is 7.05 Å². The van der Waals surface area contributed by atoms with Crippen LogP contribution in [0.1, 0.15) is 16.1 Å². The summed E-state index contributed by atoms with van der Waals surface area (Å²) in [5.41, 5.74) is 2.37. The molecule has 0 fully saturated rings. The van der Waals surface area contributed by atoms with Crippen LogP contribution in [0.25, 0.3) is 10.2 Å². The number of aromatic nitrogens is 1. The van der Waals surface area contributed by atoms with Gasteiger partial charge in [-0.2, -0.15) is 0 Å². The van der Waals surface area contributed by atoms with Crippen LogP contribution < -0.4 is 5.32 Å². The minimum Gasteiger partial charge on any atom is -0.347 e. The second kappa shape index (κ2) is 5.50. The molecule has 1 aromatic carbocycles. The summed E-state index contributed by atoms with van der Waals surface area (Å²) in [6.07, 6.45) is 0. The number of hydrogen-bond acceptors (Lipinski definition) is 2. The number of hydrogen-bond donors (Lipinski definition) is 1. The number of rotatable bonds is 3. The lowest BCUT2D eigenvalue weighted by atomic mass is 10.2. The van der Waals surface area contributed by atoms with Crippen LogP contribution in [0.5, 0.6) is 0 Å². The van der Waals surface area contributed by atoms with Gasteiger partial charge in [-0.3, -0.25) is 4.79 Å². The number of thiophene rings is 1. The maximum Gasteiger partial charge on any atom is 0.268 e. The number of nitrogens with one attached hydrogen (secondary N) is 1. The van der Waals surface area contributed by atoms with Gasteiger partial charge in [0.25, 0.3) is 5.91 Å². The normalized spacial score (nSPS) is 11.0. The molecule has 0 bridgehead atoms. The van der Waals surface area contributed by atoms with Gasteiger partial charge < -0.3 is 9.88 Å². The third kappa shape index (κ3) is 2.80. The molecule has 3 nitrogen and oxygen atoms in total. The highest BCUT2D eigenvalue weighted by Crippen LogP contribution is 2.31. The molecule has 1 N–H and O–H groups in total. The zero-order valence-corrected chi connectivity index (χ0v) is 12.8. The van der Waals surface area contributed by atoms with Gasteiger partial charge in [-0.05, 0) is 29.8 Å². The van der Waals surface area contributed by atoms with Gasteiger partial charge in [0.05, 0.1) is 14.6 Å². The molecule has 0 aliphatic carbocycles. The first-order valence-electron chi connectivity index (χ1n) is 6.32. The largest absolute Gasteiger partial charge is 0.347 e. The van der Waals surface area contributed by atoms with E-state index in [4.69, 9.17) is 11.6 Å². The summed E-state index contributed by atoms with van der Waals surface area (Å²) in [7, 11) is 1.83. The molecular formula is C15H12ClFN2OS. The summed E-state index contributed by atoms with van der Waals surface area (Å²) < 4.78 is 16.3. The number of carbonyl (C=O) groups is 1. The Kier molecular flexibility index (Phi) is 3.69. The van der Waals surface area contributed by atoms with E-state index in [1.807, 2.05) is 23.7 Å². The summed E-state index contributed by atoms with van der Waals surface area (Å²) in [4.78, 5) is 12.2. The molecule has 2 heterocycles. The zero-order valence-electron chi connectivity index (χ0n) is 11.2. The van der Waals surface area contributed by atoms with Crippen molar-refractivity contribution in [3.8, 4) is 0 Å². The molecule has 21 heavy (non-hydrogen) atoms. The first kappa shape index (κ1) is 14.1. The number of nitrogens with zero attached hydrogens (tertiary/aromatic N) is 1. The number of carbonyl (C=O) groups excluding carboxylic acids is 1. The Hall–Kier alpha value is -1.85. The number of benzene rings is 1. The fourth-order valence-corrected chi connectivity index (χ4v) is 3.38. The van der Waals surface area contributed by atoms with Gasteiger partial charge in [-0.1, -0.05) is 23.7 Å². The molecule has 2 aromatic heterocycles. The average Bonchev–Trinajstić information content (AvgIpc) is 2.96. The maximum absolute atomic E-state index is 12.8. The van der Waals surface area contributed by atoms with Crippen LogP contribution in [0.4, 0.5) is 4.39 Å². The van der Waals surface area contributed by atoms with Gasteiger partial charge in [-0.15, -0.1) is 11.3 Å². The van der Waals surface area contributed by atoms with Gasteiger partial charge >= 0.3 is 0 Å². The fourth-order valence-electron chi connectivity index (χ4n) is 2.17. The third-order valence-electron chi connectivity index (χ3n) is 3.30. The topological polar surface area (TPSA) is 34.0 Å². The summed E-state index contributed by atoms with van der Waals surface area (Å²) in [6, 6.07) is 9.73. The lowest BCUT2D eigenvalue weighted by Crippen LogP contribution is -2.24. The van der Waals surface area contributed by atoms with Crippen molar-refractivity contribution < 1.29 is 9.18 Å². The van der Waals surface area contributed by atoms with Gasteiger partial charge in [0.2, 0.25) is 0 Å². The summed E-state index contributed by atoms with van der Waals surface area (Å²) in [5, 5.41) is 2.83. The Morgan fingerprint density at radius 2 is 2.05 bits per heavy atom. The van der Waals surface area contributed by atoms with Crippen molar-refractivity contribution in [3.63, 3.8) is 0 Å². The minimum atomic E-state index is -0.287. The van der Waals surface area contributed by atoms with Gasteiger partial charge in [0.1, 0.15) is 11.5 Å². The van der Waals surface area contributed by atoms with Crippen LogP contribution in [0.2, 0.25) is 4.34 Å². The Bertz CT molecular complexity index is 807. The first-order chi connectivity index (χ1) is 10.0. The number of amides is 1. The summed E-state index contributed by atoms with van der Waals surface area (Å²) in [5.74, 6) is -0.453. The highest BCUT2D eigenvalue weighted by Gasteiger charge is 2.15. The Morgan fingerprint density at radius 1 is 1.33 bits per heavy atom. The third-order valence-corrected chi connectivity index (χ3v) is 4.50. The van der Waals surface area contributed by atoms with E-state index in [0.717, 1.165) is 15.8 Å². The molecule has 6 heteroatoms. The van der Waals surface area contributed by atoms with Crippen molar-refractivity contribution in [1.29, 1.82) is 0 Å². The lowest BCUT2D eigenvalue weighted by molar-refractivity contribution is 0.0943. The standard InChI is InChI=1S/C15H12ClFN2OS/c1-19-11-7-14(16)21-13(11)6-12(19)15(20)18-8-9-2-4-10(17)5-3-9/h2-7H,8H2,1H3,(H,18,20). The van der Waals surface area contributed by atoms with Crippen molar-refractivity contribution >= 4 is 39.1 Å². The molecule has 0 saturated carbocycles. The second-order valence-corrected chi connectivity index (χ2v) is 6.41. The molecule has 0 spiro atoms. The van der Waals surface area contributed by atoms with Gasteiger partial charge in [0.15, 0.2) is 0 Å². The predicted octanol–water partition coefficient (Wildman–Crippen LogP) is 3.96. The molecule has 0 aliphatic rings. The van der Waals surface area contributed by atoms with Gasteiger partial charge in [0, 0.05) is 13.6 Å². The van der Waals surface area contributed by atoms with E-state index in [-0.39, 0.29) is 11.7 Å². The molecule has 0 aliphatic heterocycles. The van der Waals surface area contributed by atoms with E-state index >= 15 is 0 Å². The molecule has 3 rings (SSSR count). The molecule has 108 valence electrons. The van der Waals surface area contributed by atoms with E-state index in [0.29, 0.717) is 16.6 Å². The second-order valence-electron chi connectivity index (χ2n) is 4.70. The number of aryl methyl sites for hydroxylation is 1. The molecular weight excluding hydrogens is 311 g/mol. The summed E-state index contributed by atoms with van der Waals surface area (Å²) in [6.45, 7) is 0.360. The van der Waals surface area contributed by atoms with Crippen molar-refractivity contribution in [2.75, 3.05) is 0 Å². The minimum absolute atomic E-state index is 0.165. The highest BCUT2D eigenvalue weighted by molar-refractivity contribution is 7.22. The average molecular weight is 323 g/mol. The monoisotopic (exact) mass is 322 g/mol. The van der Waals surface area contributed by atoms with E-state index in [1.165, 1.54) is 23.5 Å². The van der Waals surface area contributed by atoms with Gasteiger partial charge in [-0.25, -0.2) is 4.39 Å². The SMILES string of the molecule is Cn1c(C(=O)NCc2ccc(F)cc2)cc2sc(Cl)cc21. The van der Waals surface area contributed by atoms with Crippen molar-refractivity contribution in [1.82, 2.24) is 9.88 Å². The van der Waals surface area contributed by atoms with E-state index in [9.17, 15) is 9.18 Å². The molecule has 0 atom stereocenters. The van der Waals surface area contributed by atoms with Crippen LogP contribution in [0.3, 0.4) is 0 Å². The van der Waals surface area contributed by atoms with E-state index < -0.39 is 0 Å². The first-order valence-corrected chi connectivity index (χ1v) is 7.51. The van der Waals surface area contributed by atoms with Crippen molar-refractivity contribution in [3.05, 3.63) is 57.8 Å². The fraction of sp³-hybridized carbons (Fsp3) is 0.133. The predicted molar refractivity (Wildman–Crippen MR) is 83.4 cm³/mol. The smallest absolute Gasteiger partial charge is 0.268 e. The van der Waals surface area contributed by atoms with Crippen LogP contribution >= 0.6 is 22.9 Å². The quantitative estimate of drug-likeness (QED) is 0.778. The molecule has 3 aromatic rings. The van der Waals surface area contributed by atoms with Crippen LogP contribution in [0, 0.1) is 5.82 Å². The highest BCUT2D eigenvalue weighted by atomic mass is 35.5. The maximum atomic E-state index is 12.8. The van der Waals surface area contributed by atoms with Crippen molar-refractivity contribution in [2.45, 2.75) is 6.54 Å². The Balaban J connectivity index is 1.76. The molecule has 0 radical (unpaired) electrons.